The molecule has 0 aromatic rings. The van der Waals surface area contributed by atoms with Gasteiger partial charge in [0, 0.05) is 6.42 Å². The van der Waals surface area contributed by atoms with Crippen molar-refractivity contribution in [3.8, 4) is 0 Å². The smallest absolute Gasteiger partial charge is 0.310 e. The lowest BCUT2D eigenvalue weighted by atomic mass is 9.44. The highest BCUT2D eigenvalue weighted by Gasteiger charge is 2.55. The van der Waals surface area contributed by atoms with Gasteiger partial charge < -0.3 is 4.74 Å². The summed E-state index contributed by atoms with van der Waals surface area (Å²) in [5, 5.41) is 0. The van der Waals surface area contributed by atoms with E-state index in [-0.39, 0.29) is 5.97 Å². The maximum Gasteiger partial charge on any atom is 0.310 e. The first-order valence-electron chi connectivity index (χ1n) is 7.33. The van der Waals surface area contributed by atoms with Gasteiger partial charge in [-0.25, -0.2) is 0 Å². The molecule has 0 saturated heterocycles. The molecule has 2 nitrogen and oxygen atoms in total. The molecule has 2 atom stereocenters. The third-order valence-corrected chi connectivity index (χ3v) is 5.55. The second-order valence-corrected chi connectivity index (χ2v) is 7.43. The van der Waals surface area contributed by atoms with Gasteiger partial charge in [0.1, 0.15) is 0 Å². The zero-order valence-electron chi connectivity index (χ0n) is 11.4. The molecular weight excluding hydrogens is 224 g/mol. The lowest BCUT2D eigenvalue weighted by Gasteiger charge is -2.61. The molecule has 0 aliphatic heterocycles. The molecule has 0 amide bonds. The quantitative estimate of drug-likeness (QED) is 0.554. The van der Waals surface area contributed by atoms with E-state index in [9.17, 15) is 4.79 Å². The second kappa shape index (κ2) is 4.11. The van der Waals surface area contributed by atoms with Crippen LogP contribution in [-0.2, 0) is 9.53 Å². The van der Waals surface area contributed by atoms with E-state index in [1.807, 2.05) is 0 Å². The Kier molecular flexibility index (Phi) is 2.80. The van der Waals surface area contributed by atoms with E-state index < -0.39 is 0 Å². The zero-order chi connectivity index (χ0) is 12.8. The van der Waals surface area contributed by atoms with E-state index in [4.69, 9.17) is 4.74 Å². The molecule has 0 aromatic carbocycles. The van der Waals surface area contributed by atoms with Crippen molar-refractivity contribution in [2.75, 3.05) is 0 Å². The molecule has 2 heteroatoms. The normalized spacial score (nSPS) is 44.9. The predicted molar refractivity (Wildman–Crippen MR) is 70.7 cm³/mol. The van der Waals surface area contributed by atoms with Gasteiger partial charge in [-0.1, -0.05) is 13.5 Å². The van der Waals surface area contributed by atoms with Gasteiger partial charge in [-0.2, -0.15) is 0 Å². The van der Waals surface area contributed by atoms with Gasteiger partial charge in [0.25, 0.3) is 0 Å². The third kappa shape index (κ3) is 2.10. The largest absolute Gasteiger partial charge is 0.435 e. The van der Waals surface area contributed by atoms with Gasteiger partial charge >= 0.3 is 5.97 Å². The zero-order valence-corrected chi connectivity index (χ0v) is 11.4. The summed E-state index contributed by atoms with van der Waals surface area (Å²) in [5.74, 6) is 1.77. The first-order chi connectivity index (χ1) is 8.53. The van der Waals surface area contributed by atoms with Crippen molar-refractivity contribution in [3.63, 3.8) is 0 Å². The minimum Gasteiger partial charge on any atom is -0.435 e. The number of ether oxygens (including phenoxy) is 1. The molecule has 100 valence electrons. The van der Waals surface area contributed by atoms with Gasteiger partial charge in [0.05, 0.1) is 6.26 Å². The fourth-order valence-corrected chi connectivity index (χ4v) is 5.74. The molecule has 0 N–H and O–H groups in total. The van der Waals surface area contributed by atoms with E-state index in [0.29, 0.717) is 17.3 Å². The van der Waals surface area contributed by atoms with Crippen molar-refractivity contribution < 1.29 is 9.53 Å². The van der Waals surface area contributed by atoms with Gasteiger partial charge in [0.2, 0.25) is 0 Å². The van der Waals surface area contributed by atoms with Crippen LogP contribution in [-0.4, -0.2) is 5.97 Å². The van der Waals surface area contributed by atoms with Crippen LogP contribution >= 0.6 is 0 Å². The van der Waals surface area contributed by atoms with E-state index in [1.54, 1.807) is 0 Å². The maximum absolute atomic E-state index is 11.5. The molecule has 4 aliphatic carbocycles. The summed E-state index contributed by atoms with van der Waals surface area (Å²) in [6.45, 7) is 5.92. The molecule has 4 bridgehead atoms. The van der Waals surface area contributed by atoms with Gasteiger partial charge in [-0.3, -0.25) is 4.79 Å². The fraction of sp³-hybridized carbons (Fsp3) is 0.812. The Bertz CT molecular complexity index is 357. The monoisotopic (exact) mass is 248 g/mol. The van der Waals surface area contributed by atoms with Crippen LogP contribution in [0.25, 0.3) is 0 Å². The molecule has 2 unspecified atom stereocenters. The van der Waals surface area contributed by atoms with Gasteiger partial charge in [0.15, 0.2) is 0 Å². The predicted octanol–water partition coefficient (Wildman–Crippen LogP) is 4.06. The highest BCUT2D eigenvalue weighted by molar-refractivity contribution is 5.69. The Morgan fingerprint density at radius 3 is 2.56 bits per heavy atom. The van der Waals surface area contributed by atoms with Crippen molar-refractivity contribution in [2.24, 2.45) is 22.7 Å². The van der Waals surface area contributed by atoms with Crippen LogP contribution in [0.3, 0.4) is 0 Å². The van der Waals surface area contributed by atoms with Crippen LogP contribution in [0.2, 0.25) is 0 Å². The lowest BCUT2D eigenvalue weighted by Crippen LogP contribution is -2.50. The molecule has 18 heavy (non-hydrogen) atoms. The van der Waals surface area contributed by atoms with Crippen LogP contribution in [0.15, 0.2) is 12.8 Å². The van der Waals surface area contributed by atoms with Crippen LogP contribution in [0.5, 0.6) is 0 Å². The molecule has 4 fully saturated rings. The van der Waals surface area contributed by atoms with E-state index in [0.717, 1.165) is 18.3 Å². The molecule has 0 spiro atoms. The summed E-state index contributed by atoms with van der Waals surface area (Å²) in [4.78, 5) is 11.5. The van der Waals surface area contributed by atoms with Gasteiger partial charge in [-0.15, -0.1) is 0 Å². The topological polar surface area (TPSA) is 26.3 Å². The second-order valence-electron chi connectivity index (χ2n) is 7.43. The third-order valence-electron chi connectivity index (χ3n) is 5.55. The first kappa shape index (κ1) is 12.3. The molecule has 0 aromatic heterocycles. The maximum atomic E-state index is 11.5. The highest BCUT2D eigenvalue weighted by Crippen LogP contribution is 2.66. The highest BCUT2D eigenvalue weighted by atomic mass is 16.5. The number of rotatable bonds is 4. The summed E-state index contributed by atoms with van der Waals surface area (Å²) in [5.41, 5.74) is 1.03. The van der Waals surface area contributed by atoms with Crippen LogP contribution in [0, 0.1) is 22.7 Å². The van der Waals surface area contributed by atoms with E-state index in [2.05, 4.69) is 13.5 Å². The summed E-state index contributed by atoms with van der Waals surface area (Å²) in [6.07, 6.45) is 11.2. The van der Waals surface area contributed by atoms with Crippen molar-refractivity contribution in [2.45, 2.75) is 58.3 Å². The molecule has 4 aliphatic rings. The van der Waals surface area contributed by atoms with Crippen molar-refractivity contribution in [1.82, 2.24) is 0 Å². The Morgan fingerprint density at radius 1 is 1.33 bits per heavy atom. The number of hydrogen-bond acceptors (Lipinski definition) is 2. The van der Waals surface area contributed by atoms with Crippen molar-refractivity contribution in [3.05, 3.63) is 12.8 Å². The Morgan fingerprint density at radius 2 is 2.00 bits per heavy atom. The Balaban J connectivity index is 1.68. The SMILES string of the molecule is C=COC(=O)CCC12CC3CC(CC(C)(C3)C1)C2. The van der Waals surface area contributed by atoms with Gasteiger partial charge in [-0.05, 0) is 67.6 Å². The van der Waals surface area contributed by atoms with Crippen molar-refractivity contribution >= 4 is 5.97 Å². The van der Waals surface area contributed by atoms with Crippen LogP contribution in [0.1, 0.15) is 58.3 Å². The molecule has 4 rings (SSSR count). The standard InChI is InChI=1S/C16H24O2/c1-3-18-14(17)4-5-16-9-12-6-13(10-16)8-15(2,7-12)11-16/h3,12-13H,1,4-11H2,2H3. The van der Waals surface area contributed by atoms with E-state index >= 15 is 0 Å². The minimum atomic E-state index is -0.106. The number of hydrogen-bond donors (Lipinski definition) is 0. The number of carbonyl (C=O) groups is 1. The summed E-state index contributed by atoms with van der Waals surface area (Å²) in [7, 11) is 0. The summed E-state index contributed by atoms with van der Waals surface area (Å²) >= 11 is 0. The van der Waals surface area contributed by atoms with Crippen LogP contribution < -0.4 is 0 Å². The van der Waals surface area contributed by atoms with Crippen LogP contribution in [0.4, 0.5) is 0 Å². The molecule has 0 radical (unpaired) electrons. The lowest BCUT2D eigenvalue weighted by molar-refractivity contribution is -0.142. The number of carbonyl (C=O) groups excluding carboxylic acids is 1. The first-order valence-corrected chi connectivity index (χ1v) is 7.33. The molecular formula is C16H24O2. The minimum absolute atomic E-state index is 0.106. The molecule has 4 saturated carbocycles. The average molecular weight is 248 g/mol. The summed E-state index contributed by atoms with van der Waals surface area (Å²) in [6, 6.07) is 0. The van der Waals surface area contributed by atoms with Crippen molar-refractivity contribution in [1.29, 1.82) is 0 Å². The fourth-order valence-electron chi connectivity index (χ4n) is 5.74. The Labute approximate surface area is 110 Å². The average Bonchev–Trinajstić information content (AvgIpc) is 2.23. The molecule has 0 heterocycles. The van der Waals surface area contributed by atoms with E-state index in [1.165, 1.54) is 44.8 Å². The number of esters is 1. The Hall–Kier alpha value is -0.790. The summed E-state index contributed by atoms with van der Waals surface area (Å²) < 4.78 is 4.86.